The van der Waals surface area contributed by atoms with Gasteiger partial charge in [-0.25, -0.2) is 9.59 Å². The van der Waals surface area contributed by atoms with Crippen molar-refractivity contribution in [3.05, 3.63) is 33.7 Å². The van der Waals surface area contributed by atoms with E-state index in [0.29, 0.717) is 12.0 Å². The number of carbonyl (C=O) groups is 1. The summed E-state index contributed by atoms with van der Waals surface area (Å²) in [6.07, 6.45) is -0.922. The fourth-order valence-corrected chi connectivity index (χ4v) is 4.15. The Morgan fingerprint density at radius 2 is 2.03 bits per heavy atom. The summed E-state index contributed by atoms with van der Waals surface area (Å²) in [7, 11) is 2.70. The molecule has 0 bridgehead atoms. The minimum Gasteiger partial charge on any atom is -0.506 e. The molecule has 38 heavy (non-hydrogen) atoms. The van der Waals surface area contributed by atoms with Crippen LogP contribution in [-0.4, -0.2) is 73.6 Å². The van der Waals surface area contributed by atoms with Crippen molar-refractivity contribution in [2.24, 2.45) is 5.16 Å². The van der Waals surface area contributed by atoms with Crippen molar-refractivity contribution >= 4 is 22.8 Å². The third-order valence-corrected chi connectivity index (χ3v) is 5.92. The topological polar surface area (TPSA) is 168 Å². The van der Waals surface area contributed by atoms with E-state index < -0.39 is 42.4 Å². The van der Waals surface area contributed by atoms with E-state index in [2.05, 4.69) is 15.9 Å². The molecule has 1 aliphatic rings. The Labute approximate surface area is 218 Å². The van der Waals surface area contributed by atoms with Gasteiger partial charge in [0.1, 0.15) is 42.5 Å². The summed E-state index contributed by atoms with van der Waals surface area (Å²) < 4.78 is 28.1. The van der Waals surface area contributed by atoms with Crippen molar-refractivity contribution in [1.82, 2.24) is 5.48 Å². The van der Waals surface area contributed by atoms with Crippen LogP contribution in [-0.2, 0) is 23.9 Å². The van der Waals surface area contributed by atoms with Gasteiger partial charge in [-0.2, -0.15) is 5.48 Å². The van der Waals surface area contributed by atoms with Crippen LogP contribution in [0.25, 0.3) is 11.0 Å². The molecule has 1 aliphatic heterocycles. The molecule has 2 heterocycles. The number of hydroxylamine groups is 1. The van der Waals surface area contributed by atoms with E-state index in [4.69, 9.17) is 34.6 Å². The average Bonchev–Trinajstić information content (AvgIpc) is 2.88. The zero-order valence-corrected chi connectivity index (χ0v) is 21.5. The highest BCUT2D eigenvalue weighted by Crippen LogP contribution is 2.36. The number of oxime groups is 1. The predicted octanol–water partition coefficient (Wildman–Crippen LogP) is 1.73. The molecule has 13 heteroatoms. The van der Waals surface area contributed by atoms with Crippen molar-refractivity contribution in [1.29, 1.82) is 0 Å². The van der Waals surface area contributed by atoms with E-state index >= 15 is 0 Å². The highest BCUT2D eigenvalue weighted by Gasteiger charge is 2.48. The normalized spacial score (nSPS) is 23.5. The van der Waals surface area contributed by atoms with E-state index in [1.54, 1.807) is 6.92 Å². The summed E-state index contributed by atoms with van der Waals surface area (Å²) in [6.45, 7) is 4.73. The molecule has 1 amide bonds. The summed E-state index contributed by atoms with van der Waals surface area (Å²) in [5.41, 5.74) is 1.59. The number of fused-ring (bicyclic) bond motifs is 1. The molecular weight excluding hydrogens is 504 g/mol. The van der Waals surface area contributed by atoms with Gasteiger partial charge < -0.3 is 38.4 Å². The van der Waals surface area contributed by atoms with Crippen LogP contribution in [0.2, 0.25) is 0 Å². The second-order valence-electron chi connectivity index (χ2n) is 8.26. The first kappa shape index (κ1) is 28.7. The maximum atomic E-state index is 12.6. The molecule has 0 spiro atoms. The quantitative estimate of drug-likeness (QED) is 0.141. The van der Waals surface area contributed by atoms with Gasteiger partial charge in [-0.3, -0.25) is 4.84 Å². The lowest BCUT2D eigenvalue weighted by Gasteiger charge is -2.43. The monoisotopic (exact) mass is 534 g/mol. The zero-order valence-electron chi connectivity index (χ0n) is 21.5. The summed E-state index contributed by atoms with van der Waals surface area (Å²) in [5.74, 6) is 2.04. The molecule has 0 saturated carbocycles. The number of terminal acetylenes is 1. The molecule has 1 unspecified atom stereocenters. The number of benzene rings is 1. The van der Waals surface area contributed by atoms with Crippen LogP contribution in [0.1, 0.15) is 31.4 Å². The first-order valence-electron chi connectivity index (χ1n) is 11.6. The van der Waals surface area contributed by atoms with Crippen molar-refractivity contribution in [3.8, 4) is 23.8 Å². The van der Waals surface area contributed by atoms with Crippen LogP contribution >= 0.6 is 0 Å². The smallest absolute Gasteiger partial charge is 0.431 e. The number of hydrogen-bond acceptors (Lipinski definition) is 12. The lowest BCUT2D eigenvalue weighted by molar-refractivity contribution is -0.276. The first-order chi connectivity index (χ1) is 18.2. The van der Waals surface area contributed by atoms with Gasteiger partial charge in [0, 0.05) is 12.7 Å². The van der Waals surface area contributed by atoms with Gasteiger partial charge in [0.25, 0.3) is 0 Å². The van der Waals surface area contributed by atoms with Crippen LogP contribution in [0.3, 0.4) is 0 Å². The molecule has 1 aromatic carbocycles. The molecule has 3 rings (SSSR count). The van der Waals surface area contributed by atoms with Crippen molar-refractivity contribution < 1.29 is 48.0 Å². The Morgan fingerprint density at radius 1 is 1.29 bits per heavy atom. The predicted molar refractivity (Wildman–Crippen MR) is 133 cm³/mol. The Morgan fingerprint density at radius 3 is 2.66 bits per heavy atom. The van der Waals surface area contributed by atoms with E-state index in [9.17, 15) is 19.8 Å². The maximum absolute atomic E-state index is 12.6. The average molecular weight is 535 g/mol. The number of hydrogen-bond donors (Lipinski definition) is 3. The molecule has 0 radical (unpaired) electrons. The molecule has 0 aliphatic carbocycles. The van der Waals surface area contributed by atoms with E-state index in [1.165, 1.54) is 33.3 Å². The van der Waals surface area contributed by atoms with Crippen LogP contribution in [0.15, 0.2) is 26.5 Å². The third-order valence-electron chi connectivity index (χ3n) is 5.92. The summed E-state index contributed by atoms with van der Waals surface area (Å²) in [5, 5.41) is 25.7. The Balaban J connectivity index is 1.93. The van der Waals surface area contributed by atoms with Gasteiger partial charge in [0.15, 0.2) is 12.2 Å². The molecule has 1 fully saturated rings. The van der Waals surface area contributed by atoms with Gasteiger partial charge in [-0.1, -0.05) is 18.0 Å². The number of aliphatic hydroxyl groups excluding tert-OH is 1. The number of aromatic hydroxyl groups is 1. The van der Waals surface area contributed by atoms with Gasteiger partial charge in [0.2, 0.25) is 6.29 Å². The van der Waals surface area contributed by atoms with Crippen molar-refractivity contribution in [2.75, 3.05) is 20.8 Å². The molecule has 5 atom stereocenters. The Bertz CT molecular complexity index is 1280. The van der Waals surface area contributed by atoms with Crippen LogP contribution in [0, 0.1) is 19.3 Å². The second kappa shape index (κ2) is 12.6. The molecule has 13 nitrogen and oxygen atoms in total. The number of amides is 1. The molecular formula is C25H30N2O11. The highest BCUT2D eigenvalue weighted by atomic mass is 16.7. The van der Waals surface area contributed by atoms with Crippen LogP contribution < -0.4 is 15.8 Å². The largest absolute Gasteiger partial charge is 0.506 e. The number of methoxy groups -OCH3 is 1. The number of rotatable bonds is 9. The summed E-state index contributed by atoms with van der Waals surface area (Å²) >= 11 is 0. The number of aryl methyl sites for hydroxylation is 1. The molecule has 1 saturated heterocycles. The third kappa shape index (κ3) is 5.84. The number of nitrogens with one attached hydrogen (secondary N) is 1. The Kier molecular flexibility index (Phi) is 9.54. The number of nitrogens with zero attached hydrogens (tertiary/aromatic N) is 1. The number of ether oxygens (including phenoxy) is 4. The number of carbonyl (C=O) groups excluding carboxylic acids is 1. The minimum absolute atomic E-state index is 0.0592. The standard InChI is InChI=1S/C25H30N2O11/c1-7-11-34-27-25(31)38-22-19(29)24(35-15(8-2)21(22)32-5)36-16-10-9-14-18(28)17(13(4)26-33-6)23(30)37-20(14)12(16)3/h1,9-10,15,19,21-22,24,28-29H,8,11H2,2-6H3,(H,27,31)/t15-,19+,21-,22-,24?/m0/s1. The molecule has 206 valence electrons. The van der Waals surface area contributed by atoms with E-state index in [0.717, 1.165) is 0 Å². The number of aliphatic hydroxyl groups is 1. The second-order valence-corrected chi connectivity index (χ2v) is 8.26. The van der Waals surface area contributed by atoms with Gasteiger partial charge >= 0.3 is 11.7 Å². The van der Waals surface area contributed by atoms with Crippen LogP contribution in [0.4, 0.5) is 4.79 Å². The fourth-order valence-electron chi connectivity index (χ4n) is 4.15. The Hall–Kier alpha value is -3.83. The van der Waals surface area contributed by atoms with Crippen LogP contribution in [0.5, 0.6) is 11.5 Å². The summed E-state index contributed by atoms with van der Waals surface area (Å²) in [6, 6.07) is 2.99. The van der Waals surface area contributed by atoms with Gasteiger partial charge in [0.05, 0.1) is 17.2 Å². The van der Waals surface area contributed by atoms with Crippen molar-refractivity contribution in [3.63, 3.8) is 0 Å². The molecule has 2 aromatic rings. The SMILES string of the molecule is C#CCONC(=O)O[C@@H]1[C@@H](OC)[C@H](CC)OC(Oc2ccc3c(O)c(C(C)=NOC)c(=O)oc3c2C)[C@@H]1O. The van der Waals surface area contributed by atoms with Gasteiger partial charge in [-0.15, -0.1) is 6.42 Å². The lowest BCUT2D eigenvalue weighted by Crippen LogP contribution is -2.61. The summed E-state index contributed by atoms with van der Waals surface area (Å²) in [4.78, 5) is 34.2. The highest BCUT2D eigenvalue weighted by molar-refractivity contribution is 6.04. The lowest BCUT2D eigenvalue weighted by atomic mass is 9.96. The molecule has 1 aromatic heterocycles. The van der Waals surface area contributed by atoms with Gasteiger partial charge in [-0.05, 0) is 32.4 Å². The van der Waals surface area contributed by atoms with Crippen molar-refractivity contribution in [2.45, 2.75) is 57.9 Å². The fraction of sp³-hybridized carbons (Fsp3) is 0.480. The minimum atomic E-state index is -1.49. The van der Waals surface area contributed by atoms with E-state index in [-0.39, 0.29) is 40.4 Å². The maximum Gasteiger partial charge on any atom is 0.431 e. The molecule has 3 N–H and O–H groups in total. The first-order valence-corrected chi connectivity index (χ1v) is 11.6. The van der Waals surface area contributed by atoms with E-state index in [1.807, 2.05) is 12.4 Å². The zero-order chi connectivity index (χ0) is 28.0.